The summed E-state index contributed by atoms with van der Waals surface area (Å²) in [7, 11) is 0. The molecule has 0 atom stereocenters. The smallest absolute Gasteiger partial charge is 0.280 e. The van der Waals surface area contributed by atoms with E-state index in [-0.39, 0.29) is 22.0 Å². The maximum absolute atomic E-state index is 12.9. The zero-order valence-corrected chi connectivity index (χ0v) is 10.6. The Kier molecular flexibility index (Phi) is 3.83. The third-order valence-corrected chi connectivity index (χ3v) is 3.50. The normalized spacial score (nSPS) is 10.6. The monoisotopic (exact) mass is 293 g/mol. The highest BCUT2D eigenvalue weighted by molar-refractivity contribution is 7.13. The van der Waals surface area contributed by atoms with Crippen LogP contribution in [0.5, 0.6) is 10.9 Å². The summed E-state index contributed by atoms with van der Waals surface area (Å²) in [6.45, 7) is -0.204. The van der Waals surface area contributed by atoms with E-state index < -0.39 is 5.82 Å². The average Bonchev–Trinajstić information content (AvgIpc) is 2.64. The van der Waals surface area contributed by atoms with Crippen LogP contribution in [0.4, 0.5) is 4.39 Å². The fourth-order valence-corrected chi connectivity index (χ4v) is 2.25. The Bertz CT molecular complexity index is 547. The van der Waals surface area contributed by atoms with Crippen molar-refractivity contribution in [2.75, 3.05) is 0 Å². The van der Waals surface area contributed by atoms with Gasteiger partial charge in [-0.05, 0) is 12.1 Å². The van der Waals surface area contributed by atoms with Gasteiger partial charge >= 0.3 is 0 Å². The highest BCUT2D eigenvalue weighted by Gasteiger charge is 2.11. The second kappa shape index (κ2) is 5.18. The second-order valence-corrected chi connectivity index (χ2v) is 4.84. The first-order valence-corrected chi connectivity index (χ1v) is 6.06. The lowest BCUT2D eigenvalue weighted by atomic mass is 10.3. The molecule has 0 aliphatic heterocycles. The van der Waals surface area contributed by atoms with Gasteiger partial charge in [-0.2, -0.15) is 4.98 Å². The molecule has 0 bridgehead atoms. The Hall–Kier alpha value is -0.880. The summed E-state index contributed by atoms with van der Waals surface area (Å²) >= 11 is 12.5. The lowest BCUT2D eigenvalue weighted by Gasteiger charge is -2.01. The molecule has 0 radical (unpaired) electrons. The van der Waals surface area contributed by atoms with Gasteiger partial charge in [0, 0.05) is 6.07 Å². The van der Waals surface area contributed by atoms with Gasteiger partial charge in [-0.15, -0.1) is 0 Å². The molecule has 1 aromatic carbocycles. The molecule has 7 heteroatoms. The minimum atomic E-state index is -0.521. The number of aromatic nitrogens is 1. The minimum absolute atomic E-state index is 0.0347. The van der Waals surface area contributed by atoms with Crippen LogP contribution in [0.3, 0.4) is 0 Å². The van der Waals surface area contributed by atoms with E-state index in [2.05, 4.69) is 4.98 Å². The van der Waals surface area contributed by atoms with Crippen LogP contribution in [-0.2, 0) is 6.61 Å². The molecule has 17 heavy (non-hydrogen) atoms. The van der Waals surface area contributed by atoms with Gasteiger partial charge in [0.15, 0.2) is 0 Å². The van der Waals surface area contributed by atoms with Crippen molar-refractivity contribution in [3.05, 3.63) is 39.1 Å². The number of rotatable bonds is 3. The summed E-state index contributed by atoms with van der Waals surface area (Å²) in [6.07, 6.45) is 0. The van der Waals surface area contributed by atoms with E-state index in [1.165, 1.54) is 18.2 Å². The molecule has 90 valence electrons. The Morgan fingerprint density at radius 1 is 1.41 bits per heavy atom. The van der Waals surface area contributed by atoms with Crippen molar-refractivity contribution in [3.63, 3.8) is 0 Å². The van der Waals surface area contributed by atoms with Crippen molar-refractivity contribution in [2.24, 2.45) is 0 Å². The molecule has 0 aliphatic rings. The van der Waals surface area contributed by atoms with Crippen LogP contribution < -0.4 is 4.74 Å². The van der Waals surface area contributed by atoms with Gasteiger partial charge in [-0.1, -0.05) is 34.5 Å². The van der Waals surface area contributed by atoms with Crippen molar-refractivity contribution in [2.45, 2.75) is 6.61 Å². The molecular weight excluding hydrogens is 288 g/mol. The van der Waals surface area contributed by atoms with Crippen LogP contribution in [0.2, 0.25) is 10.2 Å². The van der Waals surface area contributed by atoms with Gasteiger partial charge in [-0.3, -0.25) is 0 Å². The van der Waals surface area contributed by atoms with Crippen LogP contribution in [0.25, 0.3) is 0 Å². The molecule has 1 N–H and O–H groups in total. The quantitative estimate of drug-likeness (QED) is 0.934. The number of hydrogen-bond acceptors (Lipinski definition) is 4. The van der Waals surface area contributed by atoms with Crippen LogP contribution in [0.1, 0.15) is 4.88 Å². The number of aliphatic hydroxyl groups is 1. The minimum Gasteiger partial charge on any atom is -0.431 e. The molecule has 1 aromatic heterocycles. The summed E-state index contributed by atoms with van der Waals surface area (Å²) in [5.41, 5.74) is 0. The average molecular weight is 294 g/mol. The number of halogens is 3. The fraction of sp³-hybridized carbons (Fsp3) is 0.100. The summed E-state index contributed by atoms with van der Waals surface area (Å²) in [5.74, 6) is -0.168. The number of thiazole rings is 1. The van der Waals surface area contributed by atoms with Crippen molar-refractivity contribution in [1.29, 1.82) is 0 Å². The lowest BCUT2D eigenvalue weighted by molar-refractivity contribution is 0.285. The standard InChI is InChI=1S/C10H6Cl2FNO2S/c11-6-3-5(1-2-7(6)13)16-10-14-9(12)8(4-15)17-10/h1-3,15H,4H2. The van der Waals surface area contributed by atoms with E-state index in [0.29, 0.717) is 10.6 Å². The molecule has 2 rings (SSSR count). The van der Waals surface area contributed by atoms with Gasteiger partial charge in [0.25, 0.3) is 5.19 Å². The van der Waals surface area contributed by atoms with Crippen molar-refractivity contribution >= 4 is 34.5 Å². The van der Waals surface area contributed by atoms with Gasteiger partial charge in [0.1, 0.15) is 16.7 Å². The van der Waals surface area contributed by atoms with Gasteiger partial charge < -0.3 is 9.84 Å². The Morgan fingerprint density at radius 3 is 2.76 bits per heavy atom. The molecule has 0 saturated heterocycles. The van der Waals surface area contributed by atoms with Crippen LogP contribution in [0, 0.1) is 5.82 Å². The SMILES string of the molecule is OCc1sc(Oc2ccc(F)c(Cl)c2)nc1Cl. The molecule has 0 spiro atoms. The summed E-state index contributed by atoms with van der Waals surface area (Å²) < 4.78 is 18.2. The Labute approximate surface area is 110 Å². The maximum Gasteiger partial charge on any atom is 0.280 e. The Morgan fingerprint density at radius 2 is 2.18 bits per heavy atom. The van der Waals surface area contributed by atoms with Crippen LogP contribution in [0.15, 0.2) is 18.2 Å². The van der Waals surface area contributed by atoms with Crippen LogP contribution in [-0.4, -0.2) is 10.1 Å². The van der Waals surface area contributed by atoms with E-state index >= 15 is 0 Å². The molecule has 1 heterocycles. The Balaban J connectivity index is 2.22. The fourth-order valence-electron chi connectivity index (χ4n) is 1.10. The van der Waals surface area contributed by atoms with Gasteiger partial charge in [0.2, 0.25) is 0 Å². The number of benzene rings is 1. The molecule has 2 aromatic rings. The summed E-state index contributed by atoms with van der Waals surface area (Å²) in [5, 5.41) is 9.36. The molecule has 3 nitrogen and oxygen atoms in total. The first-order chi connectivity index (χ1) is 8.10. The topological polar surface area (TPSA) is 42.4 Å². The van der Waals surface area contributed by atoms with Gasteiger partial charge in [0.05, 0.1) is 16.5 Å². The van der Waals surface area contributed by atoms with Crippen molar-refractivity contribution in [3.8, 4) is 10.9 Å². The highest BCUT2D eigenvalue weighted by Crippen LogP contribution is 2.33. The van der Waals surface area contributed by atoms with Crippen LogP contribution >= 0.6 is 34.5 Å². The molecule has 0 unspecified atom stereocenters. The largest absolute Gasteiger partial charge is 0.431 e. The van der Waals surface area contributed by atoms with E-state index in [1.54, 1.807) is 0 Å². The highest BCUT2D eigenvalue weighted by atomic mass is 35.5. The lowest BCUT2D eigenvalue weighted by Crippen LogP contribution is -1.84. The van der Waals surface area contributed by atoms with Crippen molar-refractivity contribution in [1.82, 2.24) is 4.98 Å². The zero-order valence-electron chi connectivity index (χ0n) is 8.28. The maximum atomic E-state index is 12.9. The first kappa shape index (κ1) is 12.6. The molecule has 0 amide bonds. The predicted molar refractivity (Wildman–Crippen MR) is 64.5 cm³/mol. The number of nitrogens with zero attached hydrogens (tertiary/aromatic N) is 1. The third kappa shape index (κ3) is 2.87. The van der Waals surface area contributed by atoms with E-state index in [9.17, 15) is 4.39 Å². The predicted octanol–water partition coefficient (Wildman–Crippen LogP) is 3.87. The molecule has 0 aliphatic carbocycles. The molecule has 0 saturated carbocycles. The van der Waals surface area contributed by atoms with E-state index in [4.69, 9.17) is 33.0 Å². The van der Waals surface area contributed by atoms with Crippen molar-refractivity contribution < 1.29 is 14.2 Å². The summed E-state index contributed by atoms with van der Waals surface area (Å²) in [4.78, 5) is 4.40. The van der Waals surface area contributed by atoms with E-state index in [1.807, 2.05) is 0 Å². The molecule has 0 fully saturated rings. The van der Waals surface area contributed by atoms with Gasteiger partial charge in [-0.25, -0.2) is 4.39 Å². The zero-order chi connectivity index (χ0) is 12.4. The molecular formula is C10H6Cl2FNO2S. The second-order valence-electron chi connectivity index (χ2n) is 3.03. The first-order valence-electron chi connectivity index (χ1n) is 4.49. The number of hydrogen-bond donors (Lipinski definition) is 1. The third-order valence-electron chi connectivity index (χ3n) is 1.87. The summed E-state index contributed by atoms with van der Waals surface area (Å²) in [6, 6.07) is 3.96. The number of ether oxygens (including phenoxy) is 1. The van der Waals surface area contributed by atoms with E-state index in [0.717, 1.165) is 11.3 Å². The number of aliphatic hydroxyl groups excluding tert-OH is 1.